The zero-order chi connectivity index (χ0) is 19.8. The van der Waals surface area contributed by atoms with E-state index in [-0.39, 0.29) is 5.78 Å². The van der Waals surface area contributed by atoms with E-state index >= 15 is 0 Å². The summed E-state index contributed by atoms with van der Waals surface area (Å²) in [4.78, 5) is 24.4. The molecule has 3 nitrogen and oxygen atoms in total. The molecule has 0 fully saturated rings. The van der Waals surface area contributed by atoms with E-state index in [0.29, 0.717) is 16.9 Å². The molecule has 3 aromatic rings. The van der Waals surface area contributed by atoms with Crippen LogP contribution in [0.4, 0.5) is 0 Å². The van der Waals surface area contributed by atoms with Crippen molar-refractivity contribution in [1.82, 2.24) is 0 Å². The number of benzene rings is 3. The predicted molar refractivity (Wildman–Crippen MR) is 115 cm³/mol. The van der Waals surface area contributed by atoms with Gasteiger partial charge in [0.05, 0.1) is 0 Å². The minimum Gasteiger partial charge on any atom is -0.423 e. The summed E-state index contributed by atoms with van der Waals surface area (Å²) in [6, 6.07) is 23.7. The highest BCUT2D eigenvalue weighted by Gasteiger charge is 2.06. The molecule has 0 aliphatic rings. The molecule has 0 saturated heterocycles. The van der Waals surface area contributed by atoms with Gasteiger partial charge in [-0.05, 0) is 54.1 Å². The molecule has 0 aliphatic carbocycles. The number of halogens is 1. The lowest BCUT2D eigenvalue weighted by atomic mass is 10.1. The van der Waals surface area contributed by atoms with Gasteiger partial charge in [-0.2, -0.15) is 0 Å². The number of hydrogen-bond donors (Lipinski definition) is 0. The van der Waals surface area contributed by atoms with Crippen LogP contribution in [0.25, 0.3) is 12.2 Å². The molecule has 0 unspecified atom stereocenters. The molecule has 4 heteroatoms. The van der Waals surface area contributed by atoms with Crippen LogP contribution in [0, 0.1) is 0 Å². The van der Waals surface area contributed by atoms with Crippen molar-refractivity contribution >= 4 is 39.8 Å². The second-order valence-corrected chi connectivity index (χ2v) is 6.82. The average molecular weight is 433 g/mol. The van der Waals surface area contributed by atoms with Crippen molar-refractivity contribution in [3.63, 3.8) is 0 Å². The molecule has 0 heterocycles. The van der Waals surface area contributed by atoms with Crippen molar-refractivity contribution < 1.29 is 14.3 Å². The van der Waals surface area contributed by atoms with Crippen LogP contribution in [0.1, 0.15) is 21.5 Å². The van der Waals surface area contributed by atoms with Gasteiger partial charge < -0.3 is 4.74 Å². The van der Waals surface area contributed by atoms with Crippen molar-refractivity contribution in [2.75, 3.05) is 0 Å². The lowest BCUT2D eigenvalue weighted by molar-refractivity contribution is -0.128. The number of carbonyl (C=O) groups excluding carboxylic acids is 2. The maximum atomic E-state index is 12.3. The Morgan fingerprint density at radius 3 is 2.18 bits per heavy atom. The van der Waals surface area contributed by atoms with E-state index in [9.17, 15) is 9.59 Å². The van der Waals surface area contributed by atoms with Crippen LogP contribution in [0.15, 0.2) is 95.5 Å². The number of esters is 1. The van der Waals surface area contributed by atoms with Gasteiger partial charge in [0.1, 0.15) is 5.75 Å². The van der Waals surface area contributed by atoms with E-state index in [1.807, 2.05) is 48.5 Å². The molecule has 0 spiro atoms. The largest absolute Gasteiger partial charge is 0.423 e. The molecule has 0 bridgehead atoms. The maximum absolute atomic E-state index is 12.3. The highest BCUT2D eigenvalue weighted by Crippen LogP contribution is 2.20. The van der Waals surface area contributed by atoms with Crippen LogP contribution in [0.2, 0.25) is 0 Å². The number of carbonyl (C=O) groups is 2. The third-order valence-electron chi connectivity index (χ3n) is 3.88. The molecule has 0 amide bonds. The van der Waals surface area contributed by atoms with Crippen LogP contribution in [-0.2, 0) is 4.79 Å². The van der Waals surface area contributed by atoms with Gasteiger partial charge >= 0.3 is 5.97 Å². The first kappa shape index (κ1) is 19.5. The van der Waals surface area contributed by atoms with Crippen LogP contribution in [-0.4, -0.2) is 11.8 Å². The Hall–Kier alpha value is -3.24. The molecule has 28 heavy (non-hydrogen) atoms. The summed E-state index contributed by atoms with van der Waals surface area (Å²) in [5, 5.41) is 0. The lowest BCUT2D eigenvalue weighted by Gasteiger charge is -2.05. The van der Waals surface area contributed by atoms with Crippen LogP contribution in [0.5, 0.6) is 5.75 Å². The van der Waals surface area contributed by atoms with Crippen molar-refractivity contribution in [2.24, 2.45) is 0 Å². The van der Waals surface area contributed by atoms with Gasteiger partial charge in [0.2, 0.25) is 0 Å². The molecule has 138 valence electrons. The Morgan fingerprint density at radius 1 is 0.750 bits per heavy atom. The standard InChI is InChI=1S/C24H17BrO3/c25-21-14-11-19(12-15-21)22(26)16-13-20-8-4-5-9-23(20)28-24(27)17-10-18-6-2-1-3-7-18/h1-17H/b16-13+,17-10+. The zero-order valence-electron chi connectivity index (χ0n) is 14.9. The molecular formula is C24H17BrO3. The quantitative estimate of drug-likeness (QED) is 0.208. The van der Waals surface area contributed by atoms with Crippen molar-refractivity contribution in [3.05, 3.63) is 112 Å². The molecule has 0 aliphatic heterocycles. The summed E-state index contributed by atoms with van der Waals surface area (Å²) in [5.41, 5.74) is 2.14. The minimum atomic E-state index is -0.482. The summed E-state index contributed by atoms with van der Waals surface area (Å²) in [6.45, 7) is 0. The highest BCUT2D eigenvalue weighted by atomic mass is 79.9. The van der Waals surface area contributed by atoms with E-state index < -0.39 is 5.97 Å². The topological polar surface area (TPSA) is 43.4 Å². The normalized spacial score (nSPS) is 11.0. The van der Waals surface area contributed by atoms with Gasteiger partial charge in [-0.25, -0.2) is 4.79 Å². The third kappa shape index (κ3) is 5.63. The number of ketones is 1. The van der Waals surface area contributed by atoms with Gasteiger partial charge in [-0.3, -0.25) is 4.79 Å². The first-order chi connectivity index (χ1) is 13.6. The van der Waals surface area contributed by atoms with Gasteiger partial charge in [0.15, 0.2) is 5.78 Å². The number of para-hydroxylation sites is 1. The fraction of sp³-hybridized carbons (Fsp3) is 0. The molecular weight excluding hydrogens is 416 g/mol. The number of allylic oxidation sites excluding steroid dienone is 1. The summed E-state index contributed by atoms with van der Waals surface area (Å²) in [5.74, 6) is -0.216. The second kappa shape index (κ2) is 9.62. The molecule has 0 saturated carbocycles. The number of ether oxygens (including phenoxy) is 1. The fourth-order valence-electron chi connectivity index (χ4n) is 2.46. The fourth-order valence-corrected chi connectivity index (χ4v) is 2.72. The lowest BCUT2D eigenvalue weighted by Crippen LogP contribution is -2.04. The Bertz CT molecular complexity index is 1020. The van der Waals surface area contributed by atoms with Crippen molar-refractivity contribution in [1.29, 1.82) is 0 Å². The highest BCUT2D eigenvalue weighted by molar-refractivity contribution is 9.10. The molecule has 0 atom stereocenters. The predicted octanol–water partition coefficient (Wildman–Crippen LogP) is 5.96. The first-order valence-corrected chi connectivity index (χ1v) is 9.43. The van der Waals surface area contributed by atoms with Gasteiger partial charge in [-0.1, -0.05) is 64.5 Å². The molecule has 0 N–H and O–H groups in total. The number of hydrogen-bond acceptors (Lipinski definition) is 3. The Labute approximate surface area is 172 Å². The summed E-state index contributed by atoms with van der Waals surface area (Å²) in [7, 11) is 0. The van der Waals surface area contributed by atoms with Crippen molar-refractivity contribution in [3.8, 4) is 5.75 Å². The van der Waals surface area contributed by atoms with Gasteiger partial charge in [-0.15, -0.1) is 0 Å². The van der Waals surface area contributed by atoms with E-state index in [4.69, 9.17) is 4.74 Å². The number of rotatable bonds is 6. The molecule has 3 aromatic carbocycles. The summed E-state index contributed by atoms with van der Waals surface area (Å²) >= 11 is 3.35. The van der Waals surface area contributed by atoms with E-state index in [1.165, 1.54) is 12.2 Å². The zero-order valence-corrected chi connectivity index (χ0v) is 16.5. The smallest absolute Gasteiger partial charge is 0.336 e. The SMILES string of the molecule is O=C(/C=C/c1ccccc1)Oc1ccccc1/C=C/C(=O)c1ccc(Br)cc1. The second-order valence-electron chi connectivity index (χ2n) is 5.91. The summed E-state index contributed by atoms with van der Waals surface area (Å²) < 4.78 is 6.34. The minimum absolute atomic E-state index is 0.127. The Balaban J connectivity index is 1.70. The maximum Gasteiger partial charge on any atom is 0.336 e. The third-order valence-corrected chi connectivity index (χ3v) is 4.41. The van der Waals surface area contributed by atoms with Crippen LogP contribution < -0.4 is 4.74 Å². The monoisotopic (exact) mass is 432 g/mol. The summed E-state index contributed by atoms with van der Waals surface area (Å²) in [6.07, 6.45) is 6.18. The van der Waals surface area contributed by atoms with Crippen molar-refractivity contribution in [2.45, 2.75) is 0 Å². The van der Waals surface area contributed by atoms with Crippen LogP contribution in [0.3, 0.4) is 0 Å². The van der Waals surface area contributed by atoms with Gasteiger partial charge in [0, 0.05) is 21.7 Å². The average Bonchev–Trinajstić information content (AvgIpc) is 2.73. The van der Waals surface area contributed by atoms with Crippen LogP contribution >= 0.6 is 15.9 Å². The molecule has 0 aromatic heterocycles. The Kier molecular flexibility index (Phi) is 6.71. The van der Waals surface area contributed by atoms with E-state index in [0.717, 1.165) is 10.0 Å². The molecule has 0 radical (unpaired) electrons. The molecule has 3 rings (SSSR count). The van der Waals surface area contributed by atoms with E-state index in [2.05, 4.69) is 15.9 Å². The van der Waals surface area contributed by atoms with Gasteiger partial charge in [0.25, 0.3) is 0 Å². The first-order valence-electron chi connectivity index (χ1n) is 8.64. The Morgan fingerprint density at radius 2 is 1.43 bits per heavy atom. The van der Waals surface area contributed by atoms with E-state index in [1.54, 1.807) is 42.5 Å².